The molecule has 3 unspecified atom stereocenters. The fourth-order valence-corrected chi connectivity index (χ4v) is 8.30. The Bertz CT molecular complexity index is 1750. The van der Waals surface area contributed by atoms with Crippen molar-refractivity contribution in [2.75, 3.05) is 16.8 Å². The zero-order chi connectivity index (χ0) is 28.8. The molecular weight excluding hydrogens is 694 g/mol. The maximum Gasteiger partial charge on any atom is 0.305 e. The van der Waals surface area contributed by atoms with Crippen molar-refractivity contribution in [1.29, 1.82) is 0 Å². The highest BCUT2D eigenvalue weighted by Gasteiger charge is 2.56. The molecule has 0 radical (unpaired) electrons. The number of amides is 3. The number of thioether (sulfide) groups is 1. The summed E-state index contributed by atoms with van der Waals surface area (Å²) in [6.07, 6.45) is 0. The summed E-state index contributed by atoms with van der Waals surface area (Å²) in [4.78, 5) is 57.4. The summed E-state index contributed by atoms with van der Waals surface area (Å²) in [6, 6.07) is 19.8. The smallest absolute Gasteiger partial charge is 0.305 e. The Kier molecular flexibility index (Phi) is 7.66. The molecule has 0 spiro atoms. The molecule has 2 N–H and O–H groups in total. The third-order valence-corrected chi connectivity index (χ3v) is 10.3. The van der Waals surface area contributed by atoms with Crippen molar-refractivity contribution in [2.24, 2.45) is 5.92 Å². The SMILES string of the molecule is Cc1cccc(NC(=O)COc2ccc(Br)cc2C2c3sc(=O)[nH]c3SC3C(=O)N(c4ccc(Br)cc4)C(=O)C32)c1. The number of hydrogen-bond donors (Lipinski definition) is 2. The van der Waals surface area contributed by atoms with E-state index in [-0.39, 0.29) is 29.2 Å². The first-order valence-electron chi connectivity index (χ1n) is 12.5. The summed E-state index contributed by atoms with van der Waals surface area (Å²) in [5.41, 5.74) is 2.75. The maximum atomic E-state index is 14.0. The second-order valence-electron chi connectivity index (χ2n) is 9.63. The normalized spacial score (nSPS) is 19.6. The quantitative estimate of drug-likeness (QED) is 0.235. The van der Waals surface area contributed by atoms with Gasteiger partial charge >= 0.3 is 4.87 Å². The van der Waals surface area contributed by atoms with Gasteiger partial charge in [-0.2, -0.15) is 0 Å². The predicted molar refractivity (Wildman–Crippen MR) is 166 cm³/mol. The molecule has 12 heteroatoms. The second kappa shape index (κ2) is 11.2. The molecule has 3 heterocycles. The first kappa shape index (κ1) is 28.0. The van der Waals surface area contributed by atoms with E-state index in [1.54, 1.807) is 42.5 Å². The number of aryl methyl sites for hydroxylation is 1. The van der Waals surface area contributed by atoms with E-state index in [9.17, 15) is 19.2 Å². The molecule has 0 saturated carbocycles. The monoisotopic (exact) mass is 713 g/mol. The molecule has 2 aliphatic rings. The minimum absolute atomic E-state index is 0.271. The molecule has 41 heavy (non-hydrogen) atoms. The van der Waals surface area contributed by atoms with Crippen LogP contribution in [0.25, 0.3) is 0 Å². The van der Waals surface area contributed by atoms with Gasteiger partial charge in [-0.25, -0.2) is 4.90 Å². The van der Waals surface area contributed by atoms with Crippen LogP contribution >= 0.6 is 55.0 Å². The topological polar surface area (TPSA) is 109 Å². The van der Waals surface area contributed by atoms with Crippen molar-refractivity contribution in [3.63, 3.8) is 0 Å². The van der Waals surface area contributed by atoms with Gasteiger partial charge < -0.3 is 15.0 Å². The lowest BCUT2D eigenvalue weighted by Crippen LogP contribution is -2.32. The molecule has 208 valence electrons. The molecule has 0 aliphatic carbocycles. The highest BCUT2D eigenvalue weighted by molar-refractivity contribution is 9.10. The first-order valence-corrected chi connectivity index (χ1v) is 15.8. The molecule has 3 aromatic carbocycles. The van der Waals surface area contributed by atoms with Gasteiger partial charge in [0.05, 0.1) is 16.6 Å². The largest absolute Gasteiger partial charge is 0.483 e. The van der Waals surface area contributed by atoms with Gasteiger partial charge in [0.2, 0.25) is 11.8 Å². The Morgan fingerprint density at radius 1 is 1.00 bits per heavy atom. The van der Waals surface area contributed by atoms with Crippen LogP contribution in [0.2, 0.25) is 0 Å². The Hall–Kier alpha value is -3.19. The number of ether oxygens (including phenoxy) is 1. The van der Waals surface area contributed by atoms with Crippen LogP contribution in [0.5, 0.6) is 5.75 Å². The number of fused-ring (bicyclic) bond motifs is 2. The number of nitrogens with zero attached hydrogens (tertiary/aromatic N) is 1. The van der Waals surface area contributed by atoms with Gasteiger partial charge in [0.15, 0.2) is 6.61 Å². The number of carbonyl (C=O) groups excluding carboxylic acids is 3. The number of halogens is 2. The van der Waals surface area contributed by atoms with Crippen LogP contribution in [-0.2, 0) is 14.4 Å². The Balaban J connectivity index is 1.36. The lowest BCUT2D eigenvalue weighted by atomic mass is 9.82. The Labute approximate surface area is 259 Å². The minimum atomic E-state index is -0.784. The molecule has 2 aliphatic heterocycles. The van der Waals surface area contributed by atoms with Crippen molar-refractivity contribution in [3.8, 4) is 5.75 Å². The number of benzene rings is 3. The first-order chi connectivity index (χ1) is 19.7. The number of aromatic amines is 1. The van der Waals surface area contributed by atoms with E-state index < -0.39 is 17.1 Å². The van der Waals surface area contributed by atoms with Gasteiger partial charge in [-0.3, -0.25) is 19.2 Å². The number of hydrogen-bond acceptors (Lipinski definition) is 7. The summed E-state index contributed by atoms with van der Waals surface area (Å²) in [5.74, 6) is -2.09. The predicted octanol–water partition coefficient (Wildman–Crippen LogP) is 6.08. The third-order valence-electron chi connectivity index (χ3n) is 6.88. The molecule has 3 amide bonds. The highest BCUT2D eigenvalue weighted by atomic mass is 79.9. The average Bonchev–Trinajstić information content (AvgIpc) is 3.42. The maximum absolute atomic E-state index is 14.0. The summed E-state index contributed by atoms with van der Waals surface area (Å²) in [6.45, 7) is 1.67. The molecule has 0 bridgehead atoms. The molecule has 6 rings (SSSR count). The van der Waals surface area contributed by atoms with E-state index in [0.29, 0.717) is 32.6 Å². The summed E-state index contributed by atoms with van der Waals surface area (Å²) in [5, 5.41) is 2.65. The minimum Gasteiger partial charge on any atom is -0.483 e. The molecule has 1 aromatic heterocycles. The van der Waals surface area contributed by atoms with Crippen molar-refractivity contribution in [2.45, 2.75) is 23.1 Å². The number of rotatable bonds is 6. The number of aromatic nitrogens is 1. The summed E-state index contributed by atoms with van der Waals surface area (Å²) >= 11 is 9.14. The van der Waals surface area contributed by atoms with Gasteiger partial charge in [0.25, 0.3) is 5.91 Å². The van der Waals surface area contributed by atoms with Crippen LogP contribution in [0.1, 0.15) is 21.9 Å². The Morgan fingerprint density at radius 2 is 1.76 bits per heavy atom. The van der Waals surface area contributed by atoms with Gasteiger partial charge in [-0.1, -0.05) is 67.1 Å². The van der Waals surface area contributed by atoms with Crippen LogP contribution < -0.4 is 19.8 Å². The average molecular weight is 715 g/mol. The van der Waals surface area contributed by atoms with E-state index in [2.05, 4.69) is 42.2 Å². The second-order valence-corrected chi connectivity index (χ2v) is 13.6. The molecule has 8 nitrogen and oxygen atoms in total. The summed E-state index contributed by atoms with van der Waals surface area (Å²) in [7, 11) is 0. The number of imide groups is 1. The molecule has 1 saturated heterocycles. The number of H-pyrrole nitrogens is 1. The van der Waals surface area contributed by atoms with Gasteiger partial charge in [0.1, 0.15) is 11.0 Å². The van der Waals surface area contributed by atoms with Gasteiger partial charge in [-0.15, -0.1) is 0 Å². The van der Waals surface area contributed by atoms with Crippen molar-refractivity contribution < 1.29 is 19.1 Å². The third kappa shape index (κ3) is 5.41. The van der Waals surface area contributed by atoms with Crippen molar-refractivity contribution >= 4 is 84.1 Å². The van der Waals surface area contributed by atoms with Crippen LogP contribution in [0.3, 0.4) is 0 Å². The lowest BCUT2D eigenvalue weighted by molar-refractivity contribution is -0.122. The van der Waals surface area contributed by atoms with Gasteiger partial charge in [-0.05, 0) is 67.1 Å². The lowest BCUT2D eigenvalue weighted by Gasteiger charge is -2.31. The zero-order valence-corrected chi connectivity index (χ0v) is 26.2. The summed E-state index contributed by atoms with van der Waals surface area (Å²) < 4.78 is 7.58. The standard InChI is InChI=1S/C29H21Br2N3O5S2/c1-14-3-2-4-17(11-14)32-21(35)13-39-20-10-7-16(31)12-19(20)22-23-25(40-26-24(22)41-29(38)33-26)28(37)34(27(23)36)18-8-5-15(30)6-9-18/h2-12,22-23,25H,13H2,1H3,(H,32,35)(H,33,38). The van der Waals surface area contributed by atoms with E-state index in [1.165, 1.54) is 16.7 Å². The zero-order valence-electron chi connectivity index (χ0n) is 21.4. The van der Waals surface area contributed by atoms with Gasteiger partial charge in [0, 0.05) is 31.0 Å². The molecule has 3 atom stereocenters. The van der Waals surface area contributed by atoms with Crippen LogP contribution in [0.15, 0.2) is 85.5 Å². The van der Waals surface area contributed by atoms with Crippen LogP contribution in [0, 0.1) is 12.8 Å². The Morgan fingerprint density at radius 3 is 2.51 bits per heavy atom. The number of carbonyl (C=O) groups is 3. The molecule has 1 fully saturated rings. The van der Waals surface area contributed by atoms with E-state index in [0.717, 1.165) is 25.8 Å². The van der Waals surface area contributed by atoms with Crippen LogP contribution in [0.4, 0.5) is 11.4 Å². The molecule has 4 aromatic rings. The van der Waals surface area contributed by atoms with E-state index in [1.807, 2.05) is 31.2 Å². The highest BCUT2D eigenvalue weighted by Crippen LogP contribution is 2.54. The van der Waals surface area contributed by atoms with E-state index >= 15 is 0 Å². The molecular formula is C29H21Br2N3O5S2. The number of nitrogens with one attached hydrogen (secondary N) is 2. The fourth-order valence-electron chi connectivity index (χ4n) is 5.15. The van der Waals surface area contributed by atoms with Crippen LogP contribution in [-0.4, -0.2) is 34.6 Å². The fraction of sp³-hybridized carbons (Fsp3) is 0.172. The number of thiazole rings is 1. The van der Waals surface area contributed by atoms with Crippen molar-refractivity contribution in [3.05, 3.63) is 101 Å². The number of anilines is 2. The van der Waals surface area contributed by atoms with E-state index in [4.69, 9.17) is 4.74 Å². The van der Waals surface area contributed by atoms with Crippen molar-refractivity contribution in [1.82, 2.24) is 4.98 Å².